The van der Waals surface area contributed by atoms with E-state index in [1.165, 1.54) is 29.5 Å². The first-order valence-corrected chi connectivity index (χ1v) is 7.03. The van der Waals surface area contributed by atoms with Crippen molar-refractivity contribution in [3.63, 3.8) is 0 Å². The first kappa shape index (κ1) is 13.8. The number of benzene rings is 2. The third-order valence-electron chi connectivity index (χ3n) is 3.01. The molecule has 1 nitrogen and oxygen atoms in total. The average Bonchev–Trinajstić information content (AvgIpc) is 2.41. The van der Waals surface area contributed by atoms with E-state index in [-0.39, 0.29) is 11.6 Å². The first-order chi connectivity index (χ1) is 9.06. The van der Waals surface area contributed by atoms with Crippen LogP contribution in [0.2, 0.25) is 0 Å². The molecule has 2 aromatic carbocycles. The number of carbonyl (C=O) groups is 1. The summed E-state index contributed by atoms with van der Waals surface area (Å²) in [6, 6.07) is 11.9. The van der Waals surface area contributed by atoms with E-state index in [0.717, 1.165) is 16.0 Å². The topological polar surface area (TPSA) is 17.1 Å². The van der Waals surface area contributed by atoms with Gasteiger partial charge in [-0.15, -0.1) is 11.8 Å². The second-order valence-corrected chi connectivity index (χ2v) is 5.51. The fourth-order valence-electron chi connectivity index (χ4n) is 1.68. The van der Waals surface area contributed by atoms with E-state index >= 15 is 0 Å². The standard InChI is InChI=1S/C16H15FOS/c1-11-3-4-13(9-12(11)2)16(18)10-19-15-7-5-14(17)6-8-15/h3-9H,10H2,1-2H3. The molecule has 0 unspecified atom stereocenters. The third-order valence-corrected chi connectivity index (χ3v) is 4.02. The highest BCUT2D eigenvalue weighted by Crippen LogP contribution is 2.20. The van der Waals surface area contributed by atoms with Crippen LogP contribution in [0.1, 0.15) is 21.5 Å². The predicted molar refractivity (Wildman–Crippen MR) is 77.4 cm³/mol. The Morgan fingerprint density at radius 1 is 1.05 bits per heavy atom. The Morgan fingerprint density at radius 2 is 1.74 bits per heavy atom. The van der Waals surface area contributed by atoms with Gasteiger partial charge in [0, 0.05) is 10.5 Å². The van der Waals surface area contributed by atoms with Crippen LogP contribution in [-0.4, -0.2) is 11.5 Å². The molecular formula is C16H15FOS. The summed E-state index contributed by atoms with van der Waals surface area (Å²) in [6.45, 7) is 4.02. The minimum atomic E-state index is -0.259. The molecule has 0 aliphatic heterocycles. The van der Waals surface area contributed by atoms with Crippen molar-refractivity contribution in [1.82, 2.24) is 0 Å². The van der Waals surface area contributed by atoms with Crippen molar-refractivity contribution < 1.29 is 9.18 Å². The molecule has 19 heavy (non-hydrogen) atoms. The Morgan fingerprint density at radius 3 is 2.37 bits per heavy atom. The molecule has 0 aromatic heterocycles. The van der Waals surface area contributed by atoms with E-state index in [1.54, 1.807) is 12.1 Å². The molecule has 0 spiro atoms. The molecule has 0 N–H and O–H groups in total. The Kier molecular flexibility index (Phi) is 4.38. The lowest BCUT2D eigenvalue weighted by Gasteiger charge is -2.05. The number of hydrogen-bond donors (Lipinski definition) is 0. The van der Waals surface area contributed by atoms with E-state index in [4.69, 9.17) is 0 Å². The van der Waals surface area contributed by atoms with Crippen LogP contribution in [0.15, 0.2) is 47.4 Å². The highest BCUT2D eigenvalue weighted by molar-refractivity contribution is 8.00. The van der Waals surface area contributed by atoms with Gasteiger partial charge in [-0.25, -0.2) is 4.39 Å². The van der Waals surface area contributed by atoms with Gasteiger partial charge in [0.25, 0.3) is 0 Å². The molecule has 0 heterocycles. The van der Waals surface area contributed by atoms with Crippen LogP contribution in [0, 0.1) is 19.7 Å². The molecule has 2 rings (SSSR count). The van der Waals surface area contributed by atoms with Gasteiger partial charge in [-0.3, -0.25) is 4.79 Å². The molecule has 0 aliphatic carbocycles. The smallest absolute Gasteiger partial charge is 0.173 e. The summed E-state index contributed by atoms with van der Waals surface area (Å²) >= 11 is 1.43. The Hall–Kier alpha value is -1.61. The minimum absolute atomic E-state index is 0.0948. The Bertz CT molecular complexity index is 590. The van der Waals surface area contributed by atoms with Gasteiger partial charge in [0.1, 0.15) is 5.82 Å². The van der Waals surface area contributed by atoms with Crippen LogP contribution in [0.4, 0.5) is 4.39 Å². The van der Waals surface area contributed by atoms with Gasteiger partial charge in [0.05, 0.1) is 5.75 Å². The molecule has 0 fully saturated rings. The molecule has 0 bridgehead atoms. The number of ketones is 1. The van der Waals surface area contributed by atoms with Crippen LogP contribution in [0.3, 0.4) is 0 Å². The maximum absolute atomic E-state index is 12.8. The third kappa shape index (κ3) is 3.67. The molecule has 0 saturated carbocycles. The molecule has 0 atom stereocenters. The van der Waals surface area contributed by atoms with E-state index < -0.39 is 0 Å². The van der Waals surface area contributed by atoms with Crippen LogP contribution < -0.4 is 0 Å². The maximum Gasteiger partial charge on any atom is 0.173 e. The zero-order valence-electron chi connectivity index (χ0n) is 10.9. The Labute approximate surface area is 116 Å². The molecular weight excluding hydrogens is 259 g/mol. The van der Waals surface area contributed by atoms with Gasteiger partial charge in [0.2, 0.25) is 0 Å². The van der Waals surface area contributed by atoms with Crippen molar-refractivity contribution in [2.24, 2.45) is 0 Å². The van der Waals surface area contributed by atoms with Crippen molar-refractivity contribution in [1.29, 1.82) is 0 Å². The van der Waals surface area contributed by atoms with Gasteiger partial charge in [-0.05, 0) is 55.3 Å². The summed E-state index contributed by atoms with van der Waals surface area (Å²) in [5.74, 6) is 0.205. The van der Waals surface area contributed by atoms with Crippen LogP contribution in [-0.2, 0) is 0 Å². The minimum Gasteiger partial charge on any atom is -0.293 e. The number of hydrogen-bond acceptors (Lipinski definition) is 2. The van der Waals surface area contributed by atoms with Crippen LogP contribution in [0.5, 0.6) is 0 Å². The van der Waals surface area contributed by atoms with Crippen molar-refractivity contribution >= 4 is 17.5 Å². The quantitative estimate of drug-likeness (QED) is 0.606. The van der Waals surface area contributed by atoms with Crippen molar-refractivity contribution in [3.05, 3.63) is 65.0 Å². The van der Waals surface area contributed by atoms with Crippen molar-refractivity contribution in [2.75, 3.05) is 5.75 Å². The van der Waals surface area contributed by atoms with Crippen LogP contribution in [0.25, 0.3) is 0 Å². The molecule has 3 heteroatoms. The molecule has 0 saturated heterocycles. The van der Waals surface area contributed by atoms with Gasteiger partial charge in [-0.2, -0.15) is 0 Å². The maximum atomic E-state index is 12.8. The number of rotatable bonds is 4. The van der Waals surface area contributed by atoms with E-state index in [2.05, 4.69) is 0 Å². The number of aryl methyl sites for hydroxylation is 2. The molecule has 98 valence electrons. The summed E-state index contributed by atoms with van der Waals surface area (Å²) in [4.78, 5) is 13.0. The summed E-state index contributed by atoms with van der Waals surface area (Å²) in [5, 5.41) is 0. The van der Waals surface area contributed by atoms with Gasteiger partial charge in [-0.1, -0.05) is 12.1 Å². The fraction of sp³-hybridized carbons (Fsp3) is 0.188. The molecule has 2 aromatic rings. The number of carbonyl (C=O) groups excluding carboxylic acids is 1. The van der Waals surface area contributed by atoms with Gasteiger partial charge < -0.3 is 0 Å². The zero-order chi connectivity index (χ0) is 13.8. The lowest BCUT2D eigenvalue weighted by atomic mass is 10.0. The first-order valence-electron chi connectivity index (χ1n) is 6.05. The number of Topliss-reactive ketones (excluding diaryl/α,β-unsaturated/α-hetero) is 1. The fourth-order valence-corrected chi connectivity index (χ4v) is 2.47. The Balaban J connectivity index is 2.01. The molecule has 0 aliphatic rings. The SMILES string of the molecule is Cc1ccc(C(=O)CSc2ccc(F)cc2)cc1C. The van der Waals surface area contributed by atoms with Crippen molar-refractivity contribution in [3.8, 4) is 0 Å². The second kappa shape index (κ2) is 6.02. The van der Waals surface area contributed by atoms with Gasteiger partial charge >= 0.3 is 0 Å². The summed E-state index contributed by atoms with van der Waals surface area (Å²) in [7, 11) is 0. The predicted octanol–water partition coefficient (Wildman–Crippen LogP) is 4.42. The summed E-state index contributed by atoms with van der Waals surface area (Å²) in [6.07, 6.45) is 0. The highest BCUT2D eigenvalue weighted by atomic mass is 32.2. The van der Waals surface area contributed by atoms with E-state index in [9.17, 15) is 9.18 Å². The van der Waals surface area contributed by atoms with E-state index in [1.807, 2.05) is 32.0 Å². The summed E-state index contributed by atoms with van der Waals surface area (Å²) in [5.41, 5.74) is 3.04. The lowest BCUT2D eigenvalue weighted by molar-refractivity contribution is 0.102. The normalized spacial score (nSPS) is 10.5. The zero-order valence-corrected chi connectivity index (χ0v) is 11.8. The highest BCUT2D eigenvalue weighted by Gasteiger charge is 2.07. The van der Waals surface area contributed by atoms with Crippen molar-refractivity contribution in [2.45, 2.75) is 18.7 Å². The molecule has 0 radical (unpaired) electrons. The average molecular weight is 274 g/mol. The lowest BCUT2D eigenvalue weighted by Crippen LogP contribution is -2.03. The second-order valence-electron chi connectivity index (χ2n) is 4.46. The van der Waals surface area contributed by atoms with E-state index in [0.29, 0.717) is 5.75 Å². The molecule has 0 amide bonds. The largest absolute Gasteiger partial charge is 0.293 e. The number of halogens is 1. The summed E-state index contributed by atoms with van der Waals surface area (Å²) < 4.78 is 12.8. The van der Waals surface area contributed by atoms with Crippen LogP contribution >= 0.6 is 11.8 Å². The number of thioether (sulfide) groups is 1. The van der Waals surface area contributed by atoms with Gasteiger partial charge in [0.15, 0.2) is 5.78 Å². The monoisotopic (exact) mass is 274 g/mol.